The summed E-state index contributed by atoms with van der Waals surface area (Å²) in [5.41, 5.74) is 0.958. The minimum atomic E-state index is -1.72. The Morgan fingerprint density at radius 1 is 1.12 bits per heavy atom. The van der Waals surface area contributed by atoms with Crippen molar-refractivity contribution < 1.29 is 38.2 Å². The summed E-state index contributed by atoms with van der Waals surface area (Å²) in [6.45, 7) is 3.89. The average Bonchev–Trinajstić information content (AvgIpc) is 3.08. The van der Waals surface area contributed by atoms with E-state index in [1.54, 1.807) is 0 Å². The lowest BCUT2D eigenvalue weighted by Crippen LogP contribution is -2.66. The molecule has 14 heteroatoms. The van der Waals surface area contributed by atoms with Crippen molar-refractivity contribution in [2.45, 2.75) is 75.7 Å². The molecule has 0 saturated carbocycles. The third-order valence-corrected chi connectivity index (χ3v) is 9.94. The molecule has 4 atom stereocenters. The number of fused-ring (bicyclic) bond motifs is 4. The average molecular weight is 703 g/mol. The summed E-state index contributed by atoms with van der Waals surface area (Å²) in [6, 6.07) is 9.81. The monoisotopic (exact) mass is 702 g/mol. The second-order valence-corrected chi connectivity index (χ2v) is 14.2. The van der Waals surface area contributed by atoms with Gasteiger partial charge in [-0.2, -0.15) is 0 Å². The Kier molecular flexibility index (Phi) is 11.2. The zero-order valence-electron chi connectivity index (χ0n) is 28.3. The van der Waals surface area contributed by atoms with Crippen LogP contribution in [0.1, 0.15) is 61.9 Å². The van der Waals surface area contributed by atoms with Gasteiger partial charge in [-0.1, -0.05) is 44.2 Å². The molecule has 5 rings (SSSR count). The van der Waals surface area contributed by atoms with Gasteiger partial charge in [0.25, 0.3) is 5.91 Å². The van der Waals surface area contributed by atoms with Gasteiger partial charge < -0.3 is 30.3 Å². The van der Waals surface area contributed by atoms with Gasteiger partial charge in [0.05, 0.1) is 40.0 Å². The number of nitrogens with one attached hydrogen (secondary N) is 2. The van der Waals surface area contributed by atoms with Gasteiger partial charge in [-0.15, -0.1) is 0 Å². The molecule has 0 unspecified atom stereocenters. The predicted molar refractivity (Wildman–Crippen MR) is 183 cm³/mol. The summed E-state index contributed by atoms with van der Waals surface area (Å²) in [7, 11) is 5.05. The molecule has 3 aromatic rings. The van der Waals surface area contributed by atoms with E-state index >= 15 is 0 Å². The number of amides is 4. The van der Waals surface area contributed by atoms with Crippen molar-refractivity contribution in [3.63, 3.8) is 0 Å². The van der Waals surface area contributed by atoms with Crippen molar-refractivity contribution in [2.24, 2.45) is 5.92 Å². The zero-order valence-corrected chi connectivity index (χ0v) is 29.3. The van der Waals surface area contributed by atoms with Gasteiger partial charge in [-0.25, -0.2) is 9.18 Å². The molecule has 12 nitrogen and oxygen atoms in total. The Bertz CT molecular complexity index is 1780. The number of carboxylic acid groups (broad SMARTS) is 1. The Morgan fingerprint density at radius 2 is 1.86 bits per heavy atom. The predicted octanol–water partition coefficient (Wildman–Crippen LogP) is 2.82. The van der Waals surface area contributed by atoms with Crippen molar-refractivity contribution >= 4 is 50.7 Å². The molecule has 50 heavy (non-hydrogen) atoms. The first-order chi connectivity index (χ1) is 23.8. The summed E-state index contributed by atoms with van der Waals surface area (Å²) in [5.74, 6) is -4.90. The molecule has 2 aliphatic heterocycles. The van der Waals surface area contributed by atoms with E-state index in [1.165, 1.54) is 30.3 Å². The van der Waals surface area contributed by atoms with Crippen molar-refractivity contribution in [1.29, 1.82) is 0 Å². The van der Waals surface area contributed by atoms with Crippen LogP contribution in [0.3, 0.4) is 0 Å². The minimum Gasteiger partial charge on any atom is -0.489 e. The molecule has 4 amide bonds. The van der Waals surface area contributed by atoms with E-state index < -0.39 is 65.1 Å². The van der Waals surface area contributed by atoms with Crippen LogP contribution in [0.5, 0.6) is 5.75 Å². The Labute approximate surface area is 293 Å². The van der Waals surface area contributed by atoms with Gasteiger partial charge in [-0.3, -0.25) is 24.2 Å². The Balaban J connectivity index is 1.63. The number of hydrogen-bond donors (Lipinski definition) is 3. The number of aliphatic carboxylic acids is 1. The SMILES string of the molecule is CC(C)C[C@]1([Si])C(=O)N2CCCC[C@@H]2C(=O)N[C@H](Cc2ccccc2)COc2cnc3ccc(F)cc3c2C(=O)N[C@H](C(=O)O)CC(=O)N1C. The van der Waals surface area contributed by atoms with Crippen LogP contribution < -0.4 is 15.4 Å². The highest BCUT2D eigenvalue weighted by Crippen LogP contribution is 2.30. The minimum absolute atomic E-state index is 0.0636. The van der Waals surface area contributed by atoms with Crippen molar-refractivity contribution in [2.75, 3.05) is 20.2 Å². The van der Waals surface area contributed by atoms with Crippen LogP contribution in [0.15, 0.2) is 54.7 Å². The zero-order chi connectivity index (χ0) is 36.2. The van der Waals surface area contributed by atoms with Gasteiger partial charge in [0.15, 0.2) is 5.75 Å². The summed E-state index contributed by atoms with van der Waals surface area (Å²) >= 11 is 0. The summed E-state index contributed by atoms with van der Waals surface area (Å²) in [5, 5.41) is 14.1. The van der Waals surface area contributed by atoms with Crippen molar-refractivity contribution in [1.82, 2.24) is 25.4 Å². The van der Waals surface area contributed by atoms with Crippen LogP contribution in [0, 0.1) is 11.7 Å². The number of rotatable bonds is 5. The molecule has 3 heterocycles. The molecule has 3 N–H and O–H groups in total. The van der Waals surface area contributed by atoms with Crippen LogP contribution >= 0.6 is 0 Å². The van der Waals surface area contributed by atoms with Crippen molar-refractivity contribution in [3.8, 4) is 5.75 Å². The second-order valence-electron chi connectivity index (χ2n) is 13.4. The number of benzene rings is 2. The standard InChI is InChI=1S/C36H41FN5O7Si/c1-21(2)18-36(50)35(48)42-14-8-7-11-28(42)32(44)39-24(15-22-9-5-4-6-10-22)20-49-29-19-38-26-13-12-23(37)16-25(26)31(29)33(45)40-27(34(46)47)17-30(43)41(36)3/h4-6,9-10,12-13,16,19,21,24,27-28H,7-8,11,14-15,17-18,20H2,1-3H3,(H,39,44)(H,40,45)(H,46,47)/t24-,27+,28-,36+/m1/s1. The fourth-order valence-corrected chi connectivity index (χ4v) is 7.30. The summed E-state index contributed by atoms with van der Waals surface area (Å²) in [6.07, 6.45) is 2.81. The number of nitrogens with zero attached hydrogens (tertiary/aromatic N) is 3. The van der Waals surface area contributed by atoms with Crippen LogP contribution in [0.25, 0.3) is 10.9 Å². The summed E-state index contributed by atoms with van der Waals surface area (Å²) < 4.78 is 20.7. The van der Waals surface area contributed by atoms with Crippen molar-refractivity contribution in [3.05, 3.63) is 71.7 Å². The van der Waals surface area contributed by atoms with Crippen LogP contribution in [-0.2, 0) is 25.6 Å². The molecule has 1 saturated heterocycles. The highest BCUT2D eigenvalue weighted by atomic mass is 28.1. The highest BCUT2D eigenvalue weighted by molar-refractivity contribution is 6.29. The first-order valence-electron chi connectivity index (χ1n) is 16.7. The number of carbonyl (C=O) groups excluding carboxylic acids is 4. The number of carbonyl (C=O) groups is 5. The molecule has 2 aromatic carbocycles. The molecule has 0 aliphatic carbocycles. The third kappa shape index (κ3) is 7.96. The van der Waals surface area contributed by atoms with Gasteiger partial charge in [0.2, 0.25) is 17.7 Å². The highest BCUT2D eigenvalue weighted by Gasteiger charge is 2.47. The maximum absolute atomic E-state index is 14.5. The third-order valence-electron chi connectivity index (χ3n) is 9.19. The normalized spacial score (nSPS) is 24.2. The molecular formula is C36H41FN5O7Si. The molecule has 263 valence electrons. The first kappa shape index (κ1) is 36.4. The number of piperidine rings is 1. The lowest BCUT2D eigenvalue weighted by molar-refractivity contribution is -0.154. The fraction of sp³-hybridized carbons (Fsp3) is 0.444. The first-order valence-corrected chi connectivity index (χ1v) is 17.2. The van der Waals surface area contributed by atoms with E-state index in [-0.39, 0.29) is 47.7 Å². The van der Waals surface area contributed by atoms with Gasteiger partial charge in [0.1, 0.15) is 29.7 Å². The maximum Gasteiger partial charge on any atom is 0.326 e. The topological polar surface area (TPSA) is 158 Å². The molecule has 1 aromatic heterocycles. The lowest BCUT2D eigenvalue weighted by Gasteiger charge is -2.45. The number of halogens is 1. The largest absolute Gasteiger partial charge is 0.489 e. The number of likely N-dealkylation sites (N-methyl/N-ethyl adjacent to an activating group) is 1. The van der Waals surface area contributed by atoms with Crippen LogP contribution in [-0.4, -0.2) is 103 Å². The lowest BCUT2D eigenvalue weighted by atomic mass is 9.95. The molecule has 0 bridgehead atoms. The van der Waals surface area contributed by atoms with E-state index in [9.17, 15) is 33.5 Å². The van der Waals surface area contributed by atoms with E-state index in [1.807, 2.05) is 44.2 Å². The second kappa shape index (κ2) is 15.4. The van der Waals surface area contributed by atoms with E-state index in [0.717, 1.165) is 16.5 Å². The number of carboxylic acids is 1. The molecule has 1 fully saturated rings. The number of hydrogen-bond acceptors (Lipinski definition) is 7. The smallest absolute Gasteiger partial charge is 0.326 e. The number of aromatic nitrogens is 1. The quantitative estimate of drug-likeness (QED) is 0.343. The number of ether oxygens (including phenoxy) is 1. The molecular weight excluding hydrogens is 662 g/mol. The maximum atomic E-state index is 14.5. The Morgan fingerprint density at radius 3 is 2.56 bits per heavy atom. The molecule has 0 spiro atoms. The Hall–Kier alpha value is -4.85. The van der Waals surface area contributed by atoms with Crippen LogP contribution in [0.2, 0.25) is 0 Å². The van der Waals surface area contributed by atoms with E-state index in [0.29, 0.717) is 25.7 Å². The van der Waals surface area contributed by atoms with Gasteiger partial charge in [-0.05, 0) is 61.8 Å². The summed E-state index contributed by atoms with van der Waals surface area (Å²) in [4.78, 5) is 75.8. The van der Waals surface area contributed by atoms with E-state index in [2.05, 4.69) is 25.9 Å². The number of pyridine rings is 1. The van der Waals surface area contributed by atoms with Gasteiger partial charge >= 0.3 is 5.97 Å². The molecule has 3 radical (unpaired) electrons. The fourth-order valence-electron chi connectivity index (χ4n) is 6.63. The van der Waals surface area contributed by atoms with Crippen LogP contribution in [0.4, 0.5) is 4.39 Å². The molecule has 2 aliphatic rings. The van der Waals surface area contributed by atoms with E-state index in [4.69, 9.17) is 4.74 Å². The van der Waals surface area contributed by atoms with Gasteiger partial charge in [0, 0.05) is 19.0 Å².